The SMILES string of the molecule is C=CCNC(=O)c1ccccc1NS(=O)(=O)c1ccc2c(c1)sc(=O)n2Cc1ccccc1Cl. The van der Waals surface area contributed by atoms with Crippen LogP contribution in [0.5, 0.6) is 0 Å². The molecule has 0 aliphatic carbocycles. The first kappa shape index (κ1) is 23.7. The second kappa shape index (κ2) is 9.84. The molecular weight excluding hydrogens is 494 g/mol. The van der Waals surface area contributed by atoms with Crippen LogP contribution >= 0.6 is 22.9 Å². The molecule has 0 saturated heterocycles. The number of benzene rings is 3. The van der Waals surface area contributed by atoms with Gasteiger partial charge in [0.05, 0.1) is 32.9 Å². The molecule has 34 heavy (non-hydrogen) atoms. The second-order valence-corrected chi connectivity index (χ2v) is 10.4. The number of amides is 1. The Morgan fingerprint density at radius 2 is 1.82 bits per heavy atom. The lowest BCUT2D eigenvalue weighted by Crippen LogP contribution is -2.25. The maximum Gasteiger partial charge on any atom is 0.308 e. The average Bonchev–Trinajstić information content (AvgIpc) is 3.13. The minimum Gasteiger partial charge on any atom is -0.349 e. The normalized spacial score (nSPS) is 11.3. The fourth-order valence-electron chi connectivity index (χ4n) is 3.39. The number of thiazole rings is 1. The van der Waals surface area contributed by atoms with Gasteiger partial charge in [-0.05, 0) is 42.0 Å². The van der Waals surface area contributed by atoms with Gasteiger partial charge in [-0.15, -0.1) is 6.58 Å². The Balaban J connectivity index is 1.66. The smallest absolute Gasteiger partial charge is 0.308 e. The fourth-order valence-corrected chi connectivity index (χ4v) is 5.70. The molecule has 174 valence electrons. The van der Waals surface area contributed by atoms with E-state index in [1.165, 1.54) is 30.3 Å². The molecule has 1 amide bonds. The highest BCUT2D eigenvalue weighted by atomic mass is 35.5. The summed E-state index contributed by atoms with van der Waals surface area (Å²) in [5.74, 6) is -0.427. The average molecular weight is 514 g/mol. The molecule has 0 saturated carbocycles. The van der Waals surface area contributed by atoms with Crippen molar-refractivity contribution < 1.29 is 13.2 Å². The first-order valence-electron chi connectivity index (χ1n) is 10.2. The Kier molecular flexibility index (Phi) is 6.87. The number of hydrogen-bond donors (Lipinski definition) is 2. The lowest BCUT2D eigenvalue weighted by Gasteiger charge is -2.12. The van der Waals surface area contributed by atoms with Gasteiger partial charge in [-0.2, -0.15) is 0 Å². The number of sulfonamides is 1. The van der Waals surface area contributed by atoms with Crippen LogP contribution in [0, 0.1) is 0 Å². The van der Waals surface area contributed by atoms with E-state index in [2.05, 4.69) is 16.6 Å². The van der Waals surface area contributed by atoms with Gasteiger partial charge in [0.15, 0.2) is 0 Å². The number of rotatable bonds is 8. The summed E-state index contributed by atoms with van der Waals surface area (Å²) in [6.07, 6.45) is 1.53. The molecule has 4 aromatic rings. The lowest BCUT2D eigenvalue weighted by atomic mass is 10.1. The molecule has 4 rings (SSSR count). The van der Waals surface area contributed by atoms with Gasteiger partial charge in [0, 0.05) is 11.6 Å². The Hall–Kier alpha value is -3.40. The maximum atomic E-state index is 13.1. The molecule has 1 heterocycles. The van der Waals surface area contributed by atoms with Crippen LogP contribution < -0.4 is 14.9 Å². The maximum absolute atomic E-state index is 13.1. The number of carbonyl (C=O) groups is 1. The predicted molar refractivity (Wildman–Crippen MR) is 136 cm³/mol. The lowest BCUT2D eigenvalue weighted by molar-refractivity contribution is 0.0959. The summed E-state index contributed by atoms with van der Waals surface area (Å²) in [5, 5.41) is 3.18. The van der Waals surface area contributed by atoms with Crippen molar-refractivity contribution in [2.24, 2.45) is 0 Å². The Morgan fingerprint density at radius 3 is 2.59 bits per heavy atom. The van der Waals surface area contributed by atoms with Crippen LogP contribution in [-0.4, -0.2) is 25.4 Å². The number of hydrogen-bond acceptors (Lipinski definition) is 5. The number of nitrogens with one attached hydrogen (secondary N) is 2. The fraction of sp³-hybridized carbons (Fsp3) is 0.0833. The summed E-state index contributed by atoms with van der Waals surface area (Å²) in [7, 11) is -4.03. The molecule has 7 nitrogen and oxygen atoms in total. The van der Waals surface area contributed by atoms with Gasteiger partial charge in [0.1, 0.15) is 0 Å². The molecule has 0 aliphatic heterocycles. The highest BCUT2D eigenvalue weighted by Crippen LogP contribution is 2.26. The molecule has 0 fully saturated rings. The van der Waals surface area contributed by atoms with E-state index in [4.69, 9.17) is 11.6 Å². The first-order chi connectivity index (χ1) is 16.3. The molecule has 10 heteroatoms. The number of fused-ring (bicyclic) bond motifs is 1. The van der Waals surface area contributed by atoms with Crippen molar-refractivity contribution in [1.29, 1.82) is 0 Å². The standard InChI is InChI=1S/C24H20ClN3O4S2/c1-2-13-26-23(29)18-8-4-6-10-20(18)27-34(31,32)17-11-12-21-22(14-17)33-24(30)28(21)15-16-7-3-5-9-19(16)25/h2-12,14,27H,1,13,15H2,(H,26,29). The number of aromatic nitrogens is 1. The van der Waals surface area contributed by atoms with E-state index >= 15 is 0 Å². The van der Waals surface area contributed by atoms with Crippen LogP contribution in [0.2, 0.25) is 5.02 Å². The third kappa shape index (κ3) is 4.91. The predicted octanol–water partition coefficient (Wildman–Crippen LogP) is 4.48. The van der Waals surface area contributed by atoms with Gasteiger partial charge in [-0.1, -0.05) is 59.3 Å². The third-order valence-corrected chi connectivity index (χ3v) is 7.73. The highest BCUT2D eigenvalue weighted by Gasteiger charge is 2.20. The molecule has 2 N–H and O–H groups in total. The number of carbonyl (C=O) groups excluding carboxylic acids is 1. The van der Waals surface area contributed by atoms with Gasteiger partial charge in [-0.3, -0.25) is 18.9 Å². The monoisotopic (exact) mass is 513 g/mol. The van der Waals surface area contributed by atoms with Gasteiger partial charge < -0.3 is 5.32 Å². The van der Waals surface area contributed by atoms with E-state index in [1.54, 1.807) is 28.8 Å². The number of anilines is 1. The van der Waals surface area contributed by atoms with E-state index in [0.29, 0.717) is 15.2 Å². The molecule has 3 aromatic carbocycles. The van der Waals surface area contributed by atoms with Crippen molar-refractivity contribution in [3.8, 4) is 0 Å². The molecule has 0 bridgehead atoms. The summed E-state index contributed by atoms with van der Waals surface area (Å²) < 4.78 is 30.8. The summed E-state index contributed by atoms with van der Waals surface area (Å²) in [5.41, 5.74) is 1.73. The summed E-state index contributed by atoms with van der Waals surface area (Å²) in [6, 6.07) is 18.0. The van der Waals surface area contributed by atoms with Gasteiger partial charge in [0.2, 0.25) is 0 Å². The van der Waals surface area contributed by atoms with Crippen molar-refractivity contribution in [3.05, 3.63) is 105 Å². The number of halogens is 1. The molecular formula is C24H20ClN3O4S2. The summed E-state index contributed by atoms with van der Waals surface area (Å²) in [4.78, 5) is 24.8. The minimum absolute atomic E-state index is 0.0209. The zero-order valence-corrected chi connectivity index (χ0v) is 20.2. The number of para-hydroxylation sites is 1. The topological polar surface area (TPSA) is 97.3 Å². The van der Waals surface area contributed by atoms with E-state index in [0.717, 1.165) is 16.9 Å². The van der Waals surface area contributed by atoms with E-state index in [1.807, 2.05) is 18.2 Å². The zero-order valence-electron chi connectivity index (χ0n) is 17.8. The van der Waals surface area contributed by atoms with Crippen LogP contribution in [-0.2, 0) is 16.6 Å². The van der Waals surface area contributed by atoms with Gasteiger partial charge in [-0.25, -0.2) is 8.42 Å². The second-order valence-electron chi connectivity index (χ2n) is 7.32. The van der Waals surface area contributed by atoms with Gasteiger partial charge >= 0.3 is 4.87 Å². The Morgan fingerprint density at radius 1 is 1.09 bits per heavy atom. The van der Waals surface area contributed by atoms with Crippen LogP contribution in [0.25, 0.3) is 10.2 Å². The molecule has 0 atom stereocenters. The molecule has 0 radical (unpaired) electrons. The quantitative estimate of drug-likeness (QED) is 0.339. The van der Waals surface area contributed by atoms with Crippen molar-refractivity contribution in [1.82, 2.24) is 9.88 Å². The highest BCUT2D eigenvalue weighted by molar-refractivity contribution is 7.92. The summed E-state index contributed by atoms with van der Waals surface area (Å²) in [6.45, 7) is 4.08. The van der Waals surface area contributed by atoms with Crippen LogP contribution in [0.3, 0.4) is 0 Å². The van der Waals surface area contributed by atoms with Crippen LogP contribution in [0.4, 0.5) is 5.69 Å². The van der Waals surface area contributed by atoms with Gasteiger partial charge in [0.25, 0.3) is 15.9 Å². The van der Waals surface area contributed by atoms with Crippen molar-refractivity contribution in [3.63, 3.8) is 0 Å². The van der Waals surface area contributed by atoms with Crippen LogP contribution in [0.15, 0.2) is 89.1 Å². The summed E-state index contributed by atoms with van der Waals surface area (Å²) >= 11 is 7.19. The Labute approximate surface area is 205 Å². The van der Waals surface area contributed by atoms with Crippen molar-refractivity contribution >= 4 is 54.8 Å². The molecule has 0 unspecified atom stereocenters. The van der Waals surface area contributed by atoms with Crippen LogP contribution in [0.1, 0.15) is 15.9 Å². The largest absolute Gasteiger partial charge is 0.349 e. The van der Waals surface area contributed by atoms with E-state index < -0.39 is 15.9 Å². The zero-order chi connectivity index (χ0) is 24.3. The van der Waals surface area contributed by atoms with E-state index in [9.17, 15) is 18.0 Å². The van der Waals surface area contributed by atoms with E-state index in [-0.39, 0.29) is 34.1 Å². The minimum atomic E-state index is -4.03. The van der Waals surface area contributed by atoms with Crippen molar-refractivity contribution in [2.45, 2.75) is 11.4 Å². The third-order valence-electron chi connectivity index (χ3n) is 5.06. The molecule has 0 aliphatic rings. The first-order valence-corrected chi connectivity index (χ1v) is 12.9. The van der Waals surface area contributed by atoms with Crippen molar-refractivity contribution in [2.75, 3.05) is 11.3 Å². The molecule has 0 spiro atoms. The Bertz CT molecular complexity index is 1560. The number of nitrogens with zero attached hydrogens (tertiary/aromatic N) is 1. The molecule has 1 aromatic heterocycles.